The third-order valence-electron chi connectivity index (χ3n) is 4.06. The molecule has 1 aliphatic rings. The van der Waals surface area contributed by atoms with Gasteiger partial charge in [0.2, 0.25) is 0 Å². The standard InChI is InChI=1S/C18H16N4O3/c23-18(14-7-4-8-19-11-14)22-9-10-24-12-15(22)16-20-17(25-21-16)13-5-2-1-3-6-13/h1-8,11,15H,9-10,12H2/t15-/m1/s1. The van der Waals surface area contributed by atoms with Crippen molar-refractivity contribution in [1.29, 1.82) is 0 Å². The number of hydrogen-bond acceptors (Lipinski definition) is 6. The quantitative estimate of drug-likeness (QED) is 0.730. The summed E-state index contributed by atoms with van der Waals surface area (Å²) >= 11 is 0. The summed E-state index contributed by atoms with van der Waals surface area (Å²) in [6, 6.07) is 12.6. The van der Waals surface area contributed by atoms with Crippen molar-refractivity contribution in [2.75, 3.05) is 19.8 Å². The molecular formula is C18H16N4O3. The van der Waals surface area contributed by atoms with E-state index in [4.69, 9.17) is 9.26 Å². The van der Waals surface area contributed by atoms with E-state index < -0.39 is 0 Å². The van der Waals surface area contributed by atoms with Crippen LogP contribution in [0.3, 0.4) is 0 Å². The molecule has 7 heteroatoms. The van der Waals surface area contributed by atoms with Crippen LogP contribution in [0.5, 0.6) is 0 Å². The van der Waals surface area contributed by atoms with Crippen molar-refractivity contribution in [3.63, 3.8) is 0 Å². The maximum Gasteiger partial charge on any atom is 0.257 e. The highest BCUT2D eigenvalue weighted by molar-refractivity contribution is 5.94. The highest BCUT2D eigenvalue weighted by Gasteiger charge is 2.33. The Morgan fingerprint density at radius 3 is 2.84 bits per heavy atom. The van der Waals surface area contributed by atoms with Gasteiger partial charge in [0.1, 0.15) is 6.04 Å². The SMILES string of the molecule is O=C(c1cccnc1)N1CCOC[C@@H]1c1noc(-c2ccccc2)n1. The van der Waals surface area contributed by atoms with Crippen LogP contribution < -0.4 is 0 Å². The average molecular weight is 336 g/mol. The number of ether oxygens (including phenoxy) is 1. The Hall–Kier alpha value is -3.06. The van der Waals surface area contributed by atoms with E-state index in [0.717, 1.165) is 5.56 Å². The molecule has 7 nitrogen and oxygen atoms in total. The maximum absolute atomic E-state index is 12.8. The minimum Gasteiger partial charge on any atom is -0.377 e. The zero-order chi connectivity index (χ0) is 17.1. The van der Waals surface area contributed by atoms with Gasteiger partial charge in [-0.25, -0.2) is 0 Å². The summed E-state index contributed by atoms with van der Waals surface area (Å²) in [5.41, 5.74) is 1.37. The topological polar surface area (TPSA) is 81.4 Å². The van der Waals surface area contributed by atoms with Crippen LogP contribution in [-0.4, -0.2) is 45.7 Å². The van der Waals surface area contributed by atoms with Crippen molar-refractivity contribution in [3.8, 4) is 11.5 Å². The van der Waals surface area contributed by atoms with Gasteiger partial charge in [0.15, 0.2) is 5.82 Å². The molecule has 1 atom stereocenters. The van der Waals surface area contributed by atoms with Gasteiger partial charge >= 0.3 is 0 Å². The lowest BCUT2D eigenvalue weighted by molar-refractivity contribution is -0.00579. The smallest absolute Gasteiger partial charge is 0.257 e. The second-order valence-electron chi connectivity index (χ2n) is 5.65. The van der Waals surface area contributed by atoms with E-state index in [9.17, 15) is 4.79 Å². The lowest BCUT2D eigenvalue weighted by Crippen LogP contribution is -2.43. The van der Waals surface area contributed by atoms with Crippen molar-refractivity contribution in [2.24, 2.45) is 0 Å². The molecule has 1 fully saturated rings. The molecule has 0 aliphatic carbocycles. The van der Waals surface area contributed by atoms with E-state index in [2.05, 4.69) is 15.1 Å². The number of hydrogen-bond donors (Lipinski definition) is 0. The average Bonchev–Trinajstić information content (AvgIpc) is 3.19. The first-order valence-corrected chi connectivity index (χ1v) is 8.01. The van der Waals surface area contributed by atoms with Crippen LogP contribution in [0, 0.1) is 0 Å². The Kier molecular flexibility index (Phi) is 4.22. The summed E-state index contributed by atoms with van der Waals surface area (Å²) < 4.78 is 10.9. The molecule has 126 valence electrons. The van der Waals surface area contributed by atoms with Crippen LogP contribution in [0.1, 0.15) is 22.2 Å². The molecule has 3 heterocycles. The van der Waals surface area contributed by atoms with Gasteiger partial charge in [-0.1, -0.05) is 23.4 Å². The van der Waals surface area contributed by atoms with Gasteiger partial charge < -0.3 is 14.2 Å². The predicted octanol–water partition coefficient (Wildman–Crippen LogP) is 2.35. The Labute approximate surface area is 144 Å². The minimum atomic E-state index is -0.386. The van der Waals surface area contributed by atoms with Crippen molar-refractivity contribution in [2.45, 2.75) is 6.04 Å². The summed E-state index contributed by atoms with van der Waals surface area (Å²) in [7, 11) is 0. The molecule has 0 radical (unpaired) electrons. The molecule has 0 saturated carbocycles. The lowest BCUT2D eigenvalue weighted by Gasteiger charge is -2.33. The van der Waals surface area contributed by atoms with E-state index in [1.165, 1.54) is 0 Å². The van der Waals surface area contributed by atoms with Gasteiger partial charge in [-0.2, -0.15) is 4.98 Å². The van der Waals surface area contributed by atoms with Gasteiger partial charge in [0.25, 0.3) is 11.8 Å². The largest absolute Gasteiger partial charge is 0.377 e. The van der Waals surface area contributed by atoms with Crippen molar-refractivity contribution in [3.05, 3.63) is 66.2 Å². The van der Waals surface area contributed by atoms with E-state index in [1.54, 1.807) is 29.4 Å². The molecule has 1 amide bonds. The summed E-state index contributed by atoms with van der Waals surface area (Å²) in [6.07, 6.45) is 3.19. The van der Waals surface area contributed by atoms with Crippen LogP contribution in [0.25, 0.3) is 11.5 Å². The minimum absolute atomic E-state index is 0.118. The Morgan fingerprint density at radius 2 is 2.04 bits per heavy atom. The zero-order valence-corrected chi connectivity index (χ0v) is 13.4. The lowest BCUT2D eigenvalue weighted by atomic mass is 10.1. The zero-order valence-electron chi connectivity index (χ0n) is 13.4. The predicted molar refractivity (Wildman–Crippen MR) is 88.6 cm³/mol. The maximum atomic E-state index is 12.8. The number of pyridine rings is 1. The molecule has 1 saturated heterocycles. The van der Waals surface area contributed by atoms with Crippen molar-refractivity contribution in [1.82, 2.24) is 20.0 Å². The second kappa shape index (κ2) is 6.82. The van der Waals surface area contributed by atoms with Crippen LogP contribution in [0.2, 0.25) is 0 Å². The monoisotopic (exact) mass is 336 g/mol. The first kappa shape index (κ1) is 15.5. The van der Waals surface area contributed by atoms with E-state index in [-0.39, 0.29) is 11.9 Å². The fourth-order valence-electron chi connectivity index (χ4n) is 2.78. The van der Waals surface area contributed by atoms with Gasteiger partial charge in [-0.15, -0.1) is 0 Å². The number of nitrogens with zero attached hydrogens (tertiary/aromatic N) is 4. The first-order valence-electron chi connectivity index (χ1n) is 8.01. The second-order valence-corrected chi connectivity index (χ2v) is 5.65. The first-order chi connectivity index (χ1) is 12.3. The van der Waals surface area contributed by atoms with Crippen LogP contribution in [0.4, 0.5) is 0 Å². The summed E-state index contributed by atoms with van der Waals surface area (Å²) in [5.74, 6) is 0.748. The molecule has 0 spiro atoms. The summed E-state index contributed by atoms with van der Waals surface area (Å²) in [5, 5.41) is 4.07. The summed E-state index contributed by atoms with van der Waals surface area (Å²) in [6.45, 7) is 1.28. The fraction of sp³-hybridized carbons (Fsp3) is 0.222. The Balaban J connectivity index is 1.62. The molecule has 4 rings (SSSR count). The normalized spacial score (nSPS) is 17.4. The van der Waals surface area contributed by atoms with E-state index in [1.807, 2.05) is 30.3 Å². The molecule has 1 aliphatic heterocycles. The van der Waals surface area contributed by atoms with Crippen molar-refractivity contribution < 1.29 is 14.1 Å². The van der Waals surface area contributed by atoms with Gasteiger partial charge in [-0.05, 0) is 24.3 Å². The number of carbonyl (C=O) groups is 1. The number of carbonyl (C=O) groups excluding carboxylic acids is 1. The third-order valence-corrected chi connectivity index (χ3v) is 4.06. The highest BCUT2D eigenvalue weighted by Crippen LogP contribution is 2.26. The van der Waals surface area contributed by atoms with Gasteiger partial charge in [-0.3, -0.25) is 9.78 Å². The molecule has 3 aromatic rings. The van der Waals surface area contributed by atoms with Gasteiger partial charge in [0.05, 0.1) is 18.8 Å². The van der Waals surface area contributed by atoms with Gasteiger partial charge in [0, 0.05) is 24.5 Å². The van der Waals surface area contributed by atoms with Crippen LogP contribution >= 0.6 is 0 Å². The van der Waals surface area contributed by atoms with Crippen LogP contribution in [-0.2, 0) is 4.74 Å². The number of morpholine rings is 1. The van der Waals surface area contributed by atoms with E-state index in [0.29, 0.717) is 37.0 Å². The number of rotatable bonds is 3. The molecule has 2 aromatic heterocycles. The number of amides is 1. The Morgan fingerprint density at radius 1 is 1.16 bits per heavy atom. The molecule has 1 aromatic carbocycles. The third kappa shape index (κ3) is 3.14. The van der Waals surface area contributed by atoms with Crippen molar-refractivity contribution >= 4 is 5.91 Å². The fourth-order valence-corrected chi connectivity index (χ4v) is 2.78. The summed E-state index contributed by atoms with van der Waals surface area (Å²) in [4.78, 5) is 23.0. The molecular weight excluding hydrogens is 320 g/mol. The molecule has 25 heavy (non-hydrogen) atoms. The van der Waals surface area contributed by atoms with E-state index >= 15 is 0 Å². The highest BCUT2D eigenvalue weighted by atomic mass is 16.5. The Bertz CT molecular complexity index is 851. The molecule has 0 bridgehead atoms. The van der Waals surface area contributed by atoms with Crippen LogP contribution in [0.15, 0.2) is 59.4 Å². The molecule has 0 N–H and O–H groups in total. The number of benzene rings is 1. The number of aromatic nitrogens is 3. The molecule has 0 unspecified atom stereocenters.